The minimum Gasteiger partial charge on any atom is -0.424 e. The molecule has 1 N–H and O–H groups in total. The summed E-state index contributed by atoms with van der Waals surface area (Å²) in [6.07, 6.45) is 3.13. The average Bonchev–Trinajstić information content (AvgIpc) is 3.24. The maximum absolute atomic E-state index is 12.0. The van der Waals surface area contributed by atoms with Crippen molar-refractivity contribution in [3.05, 3.63) is 47.3 Å². The average molecular weight is 420 g/mol. The van der Waals surface area contributed by atoms with Crippen molar-refractivity contribution in [2.24, 2.45) is 0 Å². The molecule has 0 spiro atoms. The second-order valence-electron chi connectivity index (χ2n) is 7.83. The van der Waals surface area contributed by atoms with Crippen LogP contribution in [0.3, 0.4) is 0 Å². The number of hydrogen-bond acceptors (Lipinski definition) is 8. The molecule has 1 aliphatic carbocycles. The third kappa shape index (κ3) is 3.72. The Labute approximate surface area is 180 Å². The predicted octanol–water partition coefficient (Wildman–Crippen LogP) is 2.13. The minimum atomic E-state index is -0.264. The van der Waals surface area contributed by atoms with E-state index >= 15 is 0 Å². The van der Waals surface area contributed by atoms with Crippen LogP contribution in [0.5, 0.6) is 11.8 Å². The zero-order chi connectivity index (χ0) is 21.4. The molecular weight excluding hydrogens is 396 g/mol. The standard InChI is InChI=1S/C22H24N6O3/c1-23-21(29)19-17-8-3-14-13-24-22(25-18(14)20(17)31-26-19)30-16-6-4-15(5-7-16)28-11-9-27(2)10-12-28/h4-7,13H,3,8-12H2,1-2H3,(H,23,29). The van der Waals surface area contributed by atoms with Gasteiger partial charge in [-0.1, -0.05) is 5.16 Å². The topological polar surface area (TPSA) is 96.6 Å². The number of rotatable bonds is 4. The summed E-state index contributed by atoms with van der Waals surface area (Å²) in [4.78, 5) is 25.6. The third-order valence-electron chi connectivity index (χ3n) is 5.85. The molecule has 2 aliphatic rings. The number of benzene rings is 1. The molecule has 0 radical (unpaired) electrons. The summed E-state index contributed by atoms with van der Waals surface area (Å²) in [5, 5.41) is 6.54. The minimum absolute atomic E-state index is 0.233. The van der Waals surface area contributed by atoms with Crippen molar-refractivity contribution in [3.63, 3.8) is 0 Å². The van der Waals surface area contributed by atoms with Crippen LogP contribution in [0.25, 0.3) is 11.5 Å². The lowest BCUT2D eigenvalue weighted by molar-refractivity contribution is 0.0953. The van der Waals surface area contributed by atoms with Crippen molar-refractivity contribution in [3.8, 4) is 23.2 Å². The van der Waals surface area contributed by atoms with Gasteiger partial charge < -0.3 is 24.4 Å². The Morgan fingerprint density at radius 2 is 1.90 bits per heavy atom. The molecule has 1 saturated heterocycles. The monoisotopic (exact) mass is 420 g/mol. The van der Waals surface area contributed by atoms with E-state index in [1.165, 1.54) is 5.69 Å². The Morgan fingerprint density at radius 3 is 2.65 bits per heavy atom. The first-order valence-electron chi connectivity index (χ1n) is 10.4. The van der Waals surface area contributed by atoms with E-state index in [9.17, 15) is 4.79 Å². The van der Waals surface area contributed by atoms with Crippen LogP contribution in [0.15, 0.2) is 35.0 Å². The smallest absolute Gasteiger partial charge is 0.322 e. The number of carbonyl (C=O) groups is 1. The molecule has 1 fully saturated rings. The number of aromatic nitrogens is 3. The van der Waals surface area contributed by atoms with E-state index in [2.05, 4.69) is 49.4 Å². The van der Waals surface area contributed by atoms with E-state index in [0.717, 1.165) is 37.3 Å². The zero-order valence-corrected chi connectivity index (χ0v) is 17.6. The molecule has 0 saturated carbocycles. The number of amides is 1. The molecule has 2 aromatic heterocycles. The van der Waals surface area contributed by atoms with Crippen LogP contribution in [0.4, 0.5) is 5.69 Å². The quantitative estimate of drug-likeness (QED) is 0.686. The predicted molar refractivity (Wildman–Crippen MR) is 115 cm³/mol. The number of hydrogen-bond donors (Lipinski definition) is 1. The van der Waals surface area contributed by atoms with E-state index in [4.69, 9.17) is 9.26 Å². The zero-order valence-electron chi connectivity index (χ0n) is 17.6. The van der Waals surface area contributed by atoms with Gasteiger partial charge in [0, 0.05) is 56.2 Å². The van der Waals surface area contributed by atoms with Crippen LogP contribution >= 0.6 is 0 Å². The molecular formula is C22H24N6O3. The fourth-order valence-corrected chi connectivity index (χ4v) is 4.00. The molecule has 9 heteroatoms. The van der Waals surface area contributed by atoms with Crippen LogP contribution in [-0.2, 0) is 12.8 Å². The number of fused-ring (bicyclic) bond motifs is 3. The first kappa shape index (κ1) is 19.5. The highest BCUT2D eigenvalue weighted by Gasteiger charge is 2.29. The van der Waals surface area contributed by atoms with Gasteiger partial charge in [0.25, 0.3) is 5.91 Å². The van der Waals surface area contributed by atoms with E-state index < -0.39 is 0 Å². The van der Waals surface area contributed by atoms with Crippen molar-refractivity contribution < 1.29 is 14.1 Å². The summed E-state index contributed by atoms with van der Waals surface area (Å²) in [6, 6.07) is 8.21. The number of nitrogens with zero attached hydrogens (tertiary/aromatic N) is 5. The molecule has 0 bridgehead atoms. The van der Waals surface area contributed by atoms with E-state index in [0.29, 0.717) is 35.7 Å². The van der Waals surface area contributed by atoms with Gasteiger partial charge in [-0.15, -0.1) is 0 Å². The number of anilines is 1. The Bertz CT molecular complexity index is 1100. The summed E-state index contributed by atoms with van der Waals surface area (Å²) in [6.45, 7) is 4.16. The number of ether oxygens (including phenoxy) is 1. The Hall–Kier alpha value is -3.46. The fourth-order valence-electron chi connectivity index (χ4n) is 4.00. The maximum atomic E-state index is 12.0. The van der Waals surface area contributed by atoms with Gasteiger partial charge in [0.1, 0.15) is 11.4 Å². The molecule has 1 aromatic carbocycles. The lowest BCUT2D eigenvalue weighted by Crippen LogP contribution is -2.44. The Morgan fingerprint density at radius 1 is 1.13 bits per heavy atom. The molecule has 1 aliphatic heterocycles. The second-order valence-corrected chi connectivity index (χ2v) is 7.83. The van der Waals surface area contributed by atoms with Gasteiger partial charge in [-0.25, -0.2) is 4.98 Å². The highest BCUT2D eigenvalue weighted by molar-refractivity contribution is 5.95. The molecule has 1 amide bonds. The highest BCUT2D eigenvalue weighted by Crippen LogP contribution is 2.35. The molecule has 0 unspecified atom stereocenters. The molecule has 3 heterocycles. The van der Waals surface area contributed by atoms with Crippen molar-refractivity contribution in [1.82, 2.24) is 25.3 Å². The fraction of sp³-hybridized carbons (Fsp3) is 0.364. The summed E-state index contributed by atoms with van der Waals surface area (Å²) < 4.78 is 11.4. The van der Waals surface area contributed by atoms with Crippen LogP contribution < -0.4 is 15.0 Å². The maximum Gasteiger partial charge on any atom is 0.322 e. The number of aryl methyl sites for hydroxylation is 1. The summed E-state index contributed by atoms with van der Waals surface area (Å²) in [5.74, 6) is 0.911. The van der Waals surface area contributed by atoms with Gasteiger partial charge in [-0.05, 0) is 44.2 Å². The molecule has 160 valence electrons. The van der Waals surface area contributed by atoms with E-state index in [-0.39, 0.29) is 11.9 Å². The number of piperazine rings is 1. The molecule has 3 aromatic rings. The first-order valence-corrected chi connectivity index (χ1v) is 10.4. The van der Waals surface area contributed by atoms with E-state index in [1.54, 1.807) is 13.2 Å². The molecule has 0 atom stereocenters. The van der Waals surface area contributed by atoms with Gasteiger partial charge in [-0.2, -0.15) is 4.98 Å². The van der Waals surface area contributed by atoms with Crippen LogP contribution in [0, 0.1) is 0 Å². The lowest BCUT2D eigenvalue weighted by atomic mass is 9.94. The van der Waals surface area contributed by atoms with E-state index in [1.807, 2.05) is 12.1 Å². The van der Waals surface area contributed by atoms with Gasteiger partial charge in [0.2, 0.25) is 0 Å². The largest absolute Gasteiger partial charge is 0.424 e. The molecule has 5 rings (SSSR count). The van der Waals surface area contributed by atoms with Gasteiger partial charge in [0.15, 0.2) is 11.5 Å². The molecule has 31 heavy (non-hydrogen) atoms. The lowest BCUT2D eigenvalue weighted by Gasteiger charge is -2.34. The van der Waals surface area contributed by atoms with Crippen molar-refractivity contribution >= 4 is 11.6 Å². The summed E-state index contributed by atoms with van der Waals surface area (Å²) in [7, 11) is 3.72. The summed E-state index contributed by atoms with van der Waals surface area (Å²) >= 11 is 0. The van der Waals surface area contributed by atoms with Crippen molar-refractivity contribution in [2.45, 2.75) is 12.8 Å². The summed E-state index contributed by atoms with van der Waals surface area (Å²) in [5.41, 5.74) is 3.84. The highest BCUT2D eigenvalue weighted by atomic mass is 16.5. The number of carbonyl (C=O) groups excluding carboxylic acids is 1. The van der Waals surface area contributed by atoms with Gasteiger partial charge in [0.05, 0.1) is 0 Å². The van der Waals surface area contributed by atoms with Crippen LogP contribution in [-0.4, -0.2) is 66.2 Å². The van der Waals surface area contributed by atoms with Gasteiger partial charge in [-0.3, -0.25) is 4.79 Å². The first-order chi connectivity index (χ1) is 15.1. The SMILES string of the molecule is CNC(=O)c1noc2c1CCc1cnc(Oc3ccc(N4CCN(C)CC4)cc3)nc1-2. The number of nitrogens with one attached hydrogen (secondary N) is 1. The molecule has 9 nitrogen and oxygen atoms in total. The Kier molecular flexibility index (Phi) is 5.03. The van der Waals surface area contributed by atoms with Crippen molar-refractivity contribution in [1.29, 1.82) is 0 Å². The third-order valence-corrected chi connectivity index (χ3v) is 5.85. The number of likely N-dealkylation sites (N-methyl/N-ethyl adjacent to an activating group) is 1. The second kappa shape index (κ2) is 7.99. The van der Waals surface area contributed by atoms with Gasteiger partial charge >= 0.3 is 6.01 Å². The van der Waals surface area contributed by atoms with Crippen molar-refractivity contribution in [2.75, 3.05) is 45.2 Å². The Balaban J connectivity index is 1.35. The van der Waals surface area contributed by atoms with Crippen LogP contribution in [0.2, 0.25) is 0 Å². The van der Waals surface area contributed by atoms with Crippen LogP contribution in [0.1, 0.15) is 21.6 Å². The normalized spacial score (nSPS) is 15.9.